The van der Waals surface area contributed by atoms with Crippen LogP contribution in [-0.2, 0) is 0 Å². The number of carbonyl (C=O) groups is 1. The third-order valence-electron chi connectivity index (χ3n) is 4.23. The first-order valence-electron chi connectivity index (χ1n) is 7.20. The average molecular weight is 284 g/mol. The van der Waals surface area contributed by atoms with Crippen LogP contribution in [0.2, 0.25) is 0 Å². The standard InChI is InChI=1S/C17H20N2O2/c1-10-15(12-4-8-14(21-3)9-5-12)16(17(18)20)11(2)19(10)13-6-7-13/h4-5,8-9,13H,6-7H2,1-3H3,(H2,18,20). The van der Waals surface area contributed by atoms with E-state index in [4.69, 9.17) is 10.5 Å². The number of carbonyl (C=O) groups excluding carboxylic acids is 1. The number of aromatic nitrogens is 1. The normalized spacial score (nSPS) is 14.2. The molecule has 4 nitrogen and oxygen atoms in total. The highest BCUT2D eigenvalue weighted by Crippen LogP contribution is 2.42. The summed E-state index contributed by atoms with van der Waals surface area (Å²) in [4.78, 5) is 11.9. The highest BCUT2D eigenvalue weighted by atomic mass is 16.5. The van der Waals surface area contributed by atoms with E-state index in [-0.39, 0.29) is 5.91 Å². The van der Waals surface area contributed by atoms with Crippen LogP contribution in [0.3, 0.4) is 0 Å². The lowest BCUT2D eigenvalue weighted by atomic mass is 10.00. The Balaban J connectivity index is 2.19. The molecule has 0 atom stereocenters. The molecule has 0 bridgehead atoms. The summed E-state index contributed by atoms with van der Waals surface area (Å²) < 4.78 is 7.46. The Morgan fingerprint density at radius 3 is 2.29 bits per heavy atom. The third kappa shape index (κ3) is 2.20. The van der Waals surface area contributed by atoms with E-state index in [1.54, 1.807) is 7.11 Å². The molecular formula is C17H20N2O2. The number of rotatable bonds is 4. The molecule has 0 radical (unpaired) electrons. The number of nitrogens with zero attached hydrogens (tertiary/aromatic N) is 1. The van der Waals surface area contributed by atoms with E-state index in [1.165, 1.54) is 12.8 Å². The fourth-order valence-corrected chi connectivity index (χ4v) is 3.15. The second-order valence-corrected chi connectivity index (χ2v) is 5.61. The summed E-state index contributed by atoms with van der Waals surface area (Å²) in [6, 6.07) is 8.29. The second-order valence-electron chi connectivity index (χ2n) is 5.61. The zero-order valence-corrected chi connectivity index (χ0v) is 12.6. The Kier molecular flexibility index (Phi) is 3.24. The molecule has 1 fully saturated rings. The fraction of sp³-hybridized carbons (Fsp3) is 0.353. The Labute approximate surface area is 124 Å². The molecule has 0 unspecified atom stereocenters. The predicted molar refractivity (Wildman–Crippen MR) is 82.7 cm³/mol. The van der Waals surface area contributed by atoms with E-state index in [1.807, 2.05) is 31.2 Å². The van der Waals surface area contributed by atoms with E-state index >= 15 is 0 Å². The molecule has 2 aromatic rings. The van der Waals surface area contributed by atoms with Crippen molar-refractivity contribution in [3.05, 3.63) is 41.2 Å². The number of hydrogen-bond donors (Lipinski definition) is 1. The average Bonchev–Trinajstić information content (AvgIpc) is 3.25. The smallest absolute Gasteiger partial charge is 0.251 e. The maximum atomic E-state index is 11.9. The lowest BCUT2D eigenvalue weighted by molar-refractivity contribution is 0.1000. The van der Waals surface area contributed by atoms with Crippen LogP contribution in [0.1, 0.15) is 40.6 Å². The van der Waals surface area contributed by atoms with Gasteiger partial charge in [0.2, 0.25) is 0 Å². The Morgan fingerprint density at radius 1 is 1.19 bits per heavy atom. The minimum absolute atomic E-state index is 0.360. The number of hydrogen-bond acceptors (Lipinski definition) is 2. The molecule has 1 aromatic heterocycles. The molecule has 1 saturated carbocycles. The molecular weight excluding hydrogens is 264 g/mol. The topological polar surface area (TPSA) is 57.2 Å². The van der Waals surface area contributed by atoms with Gasteiger partial charge in [-0.25, -0.2) is 0 Å². The first-order chi connectivity index (χ1) is 10.0. The highest BCUT2D eigenvalue weighted by Gasteiger charge is 2.31. The van der Waals surface area contributed by atoms with E-state index in [0.29, 0.717) is 11.6 Å². The SMILES string of the molecule is COc1ccc(-c2c(C(N)=O)c(C)n(C3CC3)c2C)cc1. The number of amides is 1. The molecule has 1 amide bonds. The maximum absolute atomic E-state index is 11.9. The Morgan fingerprint density at radius 2 is 1.81 bits per heavy atom. The van der Waals surface area contributed by atoms with Crippen molar-refractivity contribution in [1.82, 2.24) is 4.57 Å². The second kappa shape index (κ2) is 4.95. The minimum Gasteiger partial charge on any atom is -0.497 e. The molecule has 4 heteroatoms. The van der Waals surface area contributed by atoms with Crippen molar-refractivity contribution >= 4 is 5.91 Å². The summed E-state index contributed by atoms with van der Waals surface area (Å²) >= 11 is 0. The van der Waals surface area contributed by atoms with Gasteiger partial charge < -0.3 is 15.0 Å². The molecule has 1 aliphatic rings. The number of benzene rings is 1. The summed E-state index contributed by atoms with van der Waals surface area (Å²) in [7, 11) is 1.64. The first kappa shape index (κ1) is 13.7. The molecule has 2 N–H and O–H groups in total. The van der Waals surface area contributed by atoms with Gasteiger partial charge in [-0.15, -0.1) is 0 Å². The first-order valence-corrected chi connectivity index (χ1v) is 7.20. The molecule has 21 heavy (non-hydrogen) atoms. The van der Waals surface area contributed by atoms with Gasteiger partial charge in [0.1, 0.15) is 5.75 Å². The number of primary amides is 1. The van der Waals surface area contributed by atoms with Gasteiger partial charge in [-0.05, 0) is 44.4 Å². The van der Waals surface area contributed by atoms with Crippen LogP contribution in [0.4, 0.5) is 0 Å². The van der Waals surface area contributed by atoms with Crippen molar-refractivity contribution < 1.29 is 9.53 Å². The Hall–Kier alpha value is -2.23. The van der Waals surface area contributed by atoms with Crippen molar-refractivity contribution in [3.63, 3.8) is 0 Å². The summed E-state index contributed by atoms with van der Waals surface area (Å²) in [5, 5.41) is 0. The lowest BCUT2D eigenvalue weighted by Crippen LogP contribution is -2.13. The molecule has 3 rings (SSSR count). The number of nitrogens with two attached hydrogens (primary N) is 1. The molecule has 0 saturated heterocycles. The van der Waals surface area contributed by atoms with Gasteiger partial charge in [0.05, 0.1) is 12.7 Å². The van der Waals surface area contributed by atoms with Crippen LogP contribution in [0.15, 0.2) is 24.3 Å². The van der Waals surface area contributed by atoms with Crippen LogP contribution in [0.5, 0.6) is 5.75 Å². The van der Waals surface area contributed by atoms with Crippen LogP contribution >= 0.6 is 0 Å². The van der Waals surface area contributed by atoms with Gasteiger partial charge in [0, 0.05) is 23.0 Å². The van der Waals surface area contributed by atoms with Gasteiger partial charge in [0.25, 0.3) is 5.91 Å². The van der Waals surface area contributed by atoms with E-state index < -0.39 is 0 Å². The zero-order valence-electron chi connectivity index (χ0n) is 12.6. The fourth-order valence-electron chi connectivity index (χ4n) is 3.15. The molecule has 1 aliphatic carbocycles. The van der Waals surface area contributed by atoms with Gasteiger partial charge in [0.15, 0.2) is 0 Å². The summed E-state index contributed by atoms with van der Waals surface area (Å²) in [6.07, 6.45) is 2.35. The van der Waals surface area contributed by atoms with Gasteiger partial charge in [-0.1, -0.05) is 12.1 Å². The largest absolute Gasteiger partial charge is 0.497 e. The highest BCUT2D eigenvalue weighted by molar-refractivity contribution is 6.02. The van der Waals surface area contributed by atoms with Gasteiger partial charge in [-0.2, -0.15) is 0 Å². The number of methoxy groups -OCH3 is 1. The van der Waals surface area contributed by atoms with E-state index in [0.717, 1.165) is 28.3 Å². The molecule has 110 valence electrons. The molecule has 0 spiro atoms. The molecule has 1 heterocycles. The zero-order chi connectivity index (χ0) is 15.1. The van der Waals surface area contributed by atoms with E-state index in [2.05, 4.69) is 11.5 Å². The quantitative estimate of drug-likeness (QED) is 0.937. The predicted octanol–water partition coefficient (Wildman–Crippen LogP) is 3.21. The van der Waals surface area contributed by atoms with Crippen molar-refractivity contribution in [3.8, 4) is 16.9 Å². The van der Waals surface area contributed by atoms with Crippen molar-refractivity contribution in [2.45, 2.75) is 32.7 Å². The van der Waals surface area contributed by atoms with Crippen molar-refractivity contribution in [2.75, 3.05) is 7.11 Å². The molecule has 1 aromatic carbocycles. The van der Waals surface area contributed by atoms with Crippen LogP contribution in [-0.4, -0.2) is 17.6 Å². The third-order valence-corrected chi connectivity index (χ3v) is 4.23. The van der Waals surface area contributed by atoms with Crippen LogP contribution in [0, 0.1) is 13.8 Å². The monoisotopic (exact) mass is 284 g/mol. The maximum Gasteiger partial charge on any atom is 0.251 e. The van der Waals surface area contributed by atoms with Gasteiger partial charge in [-0.3, -0.25) is 4.79 Å². The lowest BCUT2D eigenvalue weighted by Gasteiger charge is -2.08. The van der Waals surface area contributed by atoms with Crippen LogP contribution < -0.4 is 10.5 Å². The van der Waals surface area contributed by atoms with Gasteiger partial charge >= 0.3 is 0 Å². The minimum atomic E-state index is -0.360. The Bertz CT molecular complexity index is 695. The summed E-state index contributed by atoms with van der Waals surface area (Å²) in [5.41, 5.74) is 10.3. The van der Waals surface area contributed by atoms with Crippen molar-refractivity contribution in [1.29, 1.82) is 0 Å². The van der Waals surface area contributed by atoms with Crippen LogP contribution in [0.25, 0.3) is 11.1 Å². The molecule has 0 aliphatic heterocycles. The summed E-state index contributed by atoms with van der Waals surface area (Å²) in [6.45, 7) is 4.05. The van der Waals surface area contributed by atoms with E-state index in [9.17, 15) is 4.79 Å². The van der Waals surface area contributed by atoms with Crippen molar-refractivity contribution in [2.24, 2.45) is 5.73 Å². The number of ether oxygens (including phenoxy) is 1. The summed E-state index contributed by atoms with van der Waals surface area (Å²) in [5.74, 6) is 0.441.